The monoisotopic (exact) mass is 476 g/mol. The van der Waals surface area contributed by atoms with Crippen LogP contribution in [-0.2, 0) is 30.4 Å². The second-order valence-corrected chi connectivity index (χ2v) is 11.1. The van der Waals surface area contributed by atoms with E-state index in [9.17, 15) is 0 Å². The molecule has 0 unspecified atom stereocenters. The first-order valence-corrected chi connectivity index (χ1v) is 13.2. The predicted molar refractivity (Wildman–Crippen MR) is 153 cm³/mol. The molecule has 0 saturated carbocycles. The Morgan fingerprint density at radius 3 is 1.42 bits per heavy atom. The molecule has 0 fully saturated rings. The molecule has 0 aromatic heterocycles. The van der Waals surface area contributed by atoms with Gasteiger partial charge in [0, 0.05) is 0 Å². The lowest BCUT2D eigenvalue weighted by Gasteiger charge is -2.29. The average molecular weight is 477 g/mol. The van der Waals surface area contributed by atoms with Crippen LogP contribution in [0.1, 0.15) is 66.6 Å². The van der Waals surface area contributed by atoms with Gasteiger partial charge in [-0.2, -0.15) is 0 Å². The van der Waals surface area contributed by atoms with Gasteiger partial charge in [0.1, 0.15) is 0 Å². The maximum Gasteiger partial charge on any atom is 0.0523 e. The van der Waals surface area contributed by atoms with Crippen molar-refractivity contribution in [1.82, 2.24) is 0 Å². The summed E-state index contributed by atoms with van der Waals surface area (Å²) in [5.41, 5.74) is 9.87. The fourth-order valence-corrected chi connectivity index (χ4v) is 4.90. The Morgan fingerprint density at radius 2 is 1.00 bits per heavy atom. The van der Waals surface area contributed by atoms with Crippen molar-refractivity contribution in [2.45, 2.75) is 59.5 Å². The van der Waals surface area contributed by atoms with Crippen LogP contribution >= 0.6 is 0 Å². The molecule has 0 N–H and O–H groups in total. The molecule has 4 rings (SSSR count). The van der Waals surface area contributed by atoms with Gasteiger partial charge in [-0.25, -0.2) is 0 Å². The maximum absolute atomic E-state index is 6.10. The first-order valence-electron chi connectivity index (χ1n) is 13.2. The second-order valence-electron chi connectivity index (χ2n) is 11.1. The van der Waals surface area contributed by atoms with E-state index < -0.39 is 0 Å². The molecule has 0 spiro atoms. The molecule has 1 heteroatoms. The summed E-state index contributed by atoms with van der Waals surface area (Å²) in [7, 11) is 0. The van der Waals surface area contributed by atoms with E-state index in [1.807, 2.05) is 0 Å². The molecule has 186 valence electrons. The van der Waals surface area contributed by atoms with Crippen molar-refractivity contribution in [2.24, 2.45) is 5.41 Å². The molecule has 4 aromatic carbocycles. The quantitative estimate of drug-likeness (QED) is 0.211. The number of hydrogen-bond acceptors (Lipinski definition) is 1. The van der Waals surface area contributed by atoms with Crippen molar-refractivity contribution in [3.63, 3.8) is 0 Å². The topological polar surface area (TPSA) is 9.23 Å². The molecule has 4 aromatic rings. The lowest BCUT2D eigenvalue weighted by molar-refractivity contribution is 0.0215. The zero-order valence-corrected chi connectivity index (χ0v) is 22.3. The third kappa shape index (κ3) is 7.67. The molecule has 0 bridgehead atoms. The summed E-state index contributed by atoms with van der Waals surface area (Å²) >= 11 is 0. The summed E-state index contributed by atoms with van der Waals surface area (Å²) in [4.78, 5) is 0. The van der Waals surface area contributed by atoms with Crippen LogP contribution in [0.2, 0.25) is 0 Å². The van der Waals surface area contributed by atoms with Gasteiger partial charge in [0.25, 0.3) is 0 Å². The van der Waals surface area contributed by atoms with Gasteiger partial charge in [0.15, 0.2) is 0 Å². The fraction of sp³-hybridized carbons (Fsp3) is 0.314. The molecule has 0 radical (unpaired) electrons. The third-order valence-corrected chi connectivity index (χ3v) is 6.68. The van der Waals surface area contributed by atoms with E-state index >= 15 is 0 Å². The highest BCUT2D eigenvalue weighted by atomic mass is 16.5. The van der Waals surface area contributed by atoms with Gasteiger partial charge in [-0.15, -0.1) is 0 Å². The Balaban J connectivity index is 1.78. The van der Waals surface area contributed by atoms with Crippen LogP contribution in [0.3, 0.4) is 0 Å². The smallest absolute Gasteiger partial charge is 0.0523 e. The minimum absolute atomic E-state index is 0.0437. The standard InChI is InChI=1S/C35H40O/c1-27(2)36-26-35(3,4)25-34-32(21-29-16-10-6-11-17-29)23-31(20-28-14-8-5-9-15-28)24-33(34)22-30-18-12-7-13-19-30/h5-19,23-24,27H,20-22,25-26H2,1-4H3. The summed E-state index contributed by atoms with van der Waals surface area (Å²) in [5.74, 6) is 0. The van der Waals surface area contributed by atoms with Crippen molar-refractivity contribution in [3.8, 4) is 0 Å². The third-order valence-electron chi connectivity index (χ3n) is 6.68. The van der Waals surface area contributed by atoms with Gasteiger partial charge >= 0.3 is 0 Å². The normalized spacial score (nSPS) is 11.7. The van der Waals surface area contributed by atoms with Crippen molar-refractivity contribution in [3.05, 3.63) is 142 Å². The molecule has 36 heavy (non-hydrogen) atoms. The van der Waals surface area contributed by atoms with E-state index in [4.69, 9.17) is 4.74 Å². The largest absolute Gasteiger partial charge is 0.378 e. The highest BCUT2D eigenvalue weighted by molar-refractivity contribution is 5.46. The van der Waals surface area contributed by atoms with Crippen molar-refractivity contribution < 1.29 is 4.74 Å². The highest BCUT2D eigenvalue weighted by Crippen LogP contribution is 2.32. The predicted octanol–water partition coefficient (Wildman–Crippen LogP) is 8.45. The number of hydrogen-bond donors (Lipinski definition) is 0. The van der Waals surface area contributed by atoms with E-state index in [0.29, 0.717) is 0 Å². The van der Waals surface area contributed by atoms with Crippen molar-refractivity contribution in [2.75, 3.05) is 6.61 Å². The van der Waals surface area contributed by atoms with Crippen LogP contribution in [-0.4, -0.2) is 12.7 Å². The number of rotatable bonds is 11. The summed E-state index contributed by atoms with van der Waals surface area (Å²) in [6, 6.07) is 37.5. The molecular weight excluding hydrogens is 436 g/mol. The Labute approximate surface area is 218 Å². The first kappa shape index (κ1) is 25.9. The van der Waals surface area contributed by atoms with E-state index in [-0.39, 0.29) is 11.5 Å². The van der Waals surface area contributed by atoms with E-state index in [1.165, 1.54) is 38.9 Å². The molecule has 0 aliphatic rings. The highest BCUT2D eigenvalue weighted by Gasteiger charge is 2.24. The minimum Gasteiger partial charge on any atom is -0.378 e. The van der Waals surface area contributed by atoms with Crippen molar-refractivity contribution >= 4 is 0 Å². The van der Waals surface area contributed by atoms with Crippen LogP contribution in [0.25, 0.3) is 0 Å². The van der Waals surface area contributed by atoms with E-state index in [0.717, 1.165) is 32.3 Å². The fourth-order valence-electron chi connectivity index (χ4n) is 4.90. The molecular formula is C35H40O. The maximum atomic E-state index is 6.10. The lowest BCUT2D eigenvalue weighted by Crippen LogP contribution is -2.25. The number of ether oxygens (including phenoxy) is 1. The van der Waals surface area contributed by atoms with Gasteiger partial charge in [-0.3, -0.25) is 0 Å². The first-order chi connectivity index (χ1) is 17.4. The average Bonchev–Trinajstić information content (AvgIpc) is 2.87. The van der Waals surface area contributed by atoms with Crippen LogP contribution in [0.15, 0.2) is 103 Å². The zero-order valence-electron chi connectivity index (χ0n) is 22.3. The summed E-state index contributed by atoms with van der Waals surface area (Å²) in [5, 5.41) is 0. The molecule has 0 saturated heterocycles. The van der Waals surface area contributed by atoms with Crippen LogP contribution in [0.5, 0.6) is 0 Å². The van der Waals surface area contributed by atoms with Crippen molar-refractivity contribution in [1.29, 1.82) is 0 Å². The Hall–Kier alpha value is -3.16. The van der Waals surface area contributed by atoms with E-state index in [2.05, 4.69) is 131 Å². The molecule has 0 amide bonds. The lowest BCUT2D eigenvalue weighted by atomic mass is 9.79. The summed E-state index contributed by atoms with van der Waals surface area (Å²) < 4.78 is 6.10. The molecule has 1 nitrogen and oxygen atoms in total. The number of benzene rings is 4. The Kier molecular flexibility index (Phi) is 8.78. The van der Waals surface area contributed by atoms with Crippen LogP contribution in [0.4, 0.5) is 0 Å². The van der Waals surface area contributed by atoms with Gasteiger partial charge < -0.3 is 4.74 Å². The Morgan fingerprint density at radius 1 is 0.583 bits per heavy atom. The SMILES string of the molecule is CC(C)OCC(C)(C)Cc1c(Cc2ccccc2)cc(Cc2ccccc2)cc1Cc1ccccc1. The van der Waals surface area contributed by atoms with Gasteiger partial charge in [-0.05, 0) is 83.9 Å². The van der Waals surface area contributed by atoms with E-state index in [1.54, 1.807) is 0 Å². The molecule has 0 heterocycles. The zero-order chi connectivity index (χ0) is 25.4. The summed E-state index contributed by atoms with van der Waals surface area (Å²) in [6.07, 6.45) is 4.08. The van der Waals surface area contributed by atoms with Gasteiger partial charge in [0.05, 0.1) is 12.7 Å². The minimum atomic E-state index is 0.0437. The Bertz CT molecular complexity index is 1140. The van der Waals surface area contributed by atoms with Crippen LogP contribution < -0.4 is 0 Å². The molecule has 0 atom stereocenters. The summed E-state index contributed by atoms with van der Waals surface area (Å²) in [6.45, 7) is 9.68. The van der Waals surface area contributed by atoms with Gasteiger partial charge in [0.2, 0.25) is 0 Å². The molecule has 0 aliphatic heterocycles. The van der Waals surface area contributed by atoms with Crippen LogP contribution in [0, 0.1) is 5.41 Å². The van der Waals surface area contributed by atoms with Gasteiger partial charge in [-0.1, -0.05) is 117 Å². The molecule has 0 aliphatic carbocycles. The second kappa shape index (κ2) is 12.2.